The van der Waals surface area contributed by atoms with E-state index in [-0.39, 0.29) is 0 Å². The van der Waals surface area contributed by atoms with E-state index in [9.17, 15) is 0 Å². The Morgan fingerprint density at radius 1 is 0.667 bits per heavy atom. The second kappa shape index (κ2) is 10.7. The molecule has 1 heterocycles. The van der Waals surface area contributed by atoms with Crippen LogP contribution in [0.4, 0.5) is 0 Å². The SMILES string of the molecule is Cc1c(CCC(C)C)nnc(-c2c(P(c3ccccc3)c3ccccc3)ccc3ccccc23)c1C. The van der Waals surface area contributed by atoms with Crippen LogP contribution in [0.1, 0.15) is 37.1 Å². The Balaban J connectivity index is 1.78. The zero-order valence-electron chi connectivity index (χ0n) is 21.6. The van der Waals surface area contributed by atoms with Crippen LogP contribution in [0, 0.1) is 19.8 Å². The number of hydrogen-bond donors (Lipinski definition) is 0. The van der Waals surface area contributed by atoms with E-state index in [0.29, 0.717) is 5.92 Å². The van der Waals surface area contributed by atoms with Gasteiger partial charge in [0.2, 0.25) is 0 Å². The fourth-order valence-electron chi connectivity index (χ4n) is 4.83. The molecule has 0 radical (unpaired) electrons. The second-order valence-corrected chi connectivity index (χ2v) is 12.1. The quantitative estimate of drug-likeness (QED) is 0.225. The van der Waals surface area contributed by atoms with Gasteiger partial charge >= 0.3 is 0 Å². The number of fused-ring (bicyclic) bond motifs is 1. The number of aryl methyl sites for hydroxylation is 1. The summed E-state index contributed by atoms with van der Waals surface area (Å²) in [5.74, 6) is 0.649. The Labute approximate surface area is 216 Å². The monoisotopic (exact) mass is 488 g/mol. The van der Waals surface area contributed by atoms with Gasteiger partial charge in [-0.15, -0.1) is 5.10 Å². The lowest BCUT2D eigenvalue weighted by Crippen LogP contribution is -2.23. The third-order valence-corrected chi connectivity index (χ3v) is 9.48. The van der Waals surface area contributed by atoms with Crippen molar-refractivity contribution in [1.29, 1.82) is 0 Å². The van der Waals surface area contributed by atoms with E-state index in [2.05, 4.69) is 125 Å². The first-order chi connectivity index (χ1) is 17.5. The second-order valence-electron chi connectivity index (χ2n) is 9.87. The first kappa shape index (κ1) is 24.3. The summed E-state index contributed by atoms with van der Waals surface area (Å²) in [6.07, 6.45) is 2.10. The van der Waals surface area contributed by atoms with Crippen LogP contribution in [0.15, 0.2) is 97.1 Å². The van der Waals surface area contributed by atoms with Crippen LogP contribution in [0.25, 0.3) is 22.0 Å². The molecule has 0 atom stereocenters. The molecule has 0 aliphatic carbocycles. The van der Waals surface area contributed by atoms with E-state index in [0.717, 1.165) is 24.2 Å². The van der Waals surface area contributed by atoms with Gasteiger partial charge in [-0.2, -0.15) is 5.10 Å². The van der Waals surface area contributed by atoms with E-state index >= 15 is 0 Å². The van der Waals surface area contributed by atoms with Crippen molar-refractivity contribution in [1.82, 2.24) is 10.2 Å². The zero-order chi connectivity index (χ0) is 25.1. The Hall–Kier alpha value is -3.35. The van der Waals surface area contributed by atoms with Gasteiger partial charge in [-0.1, -0.05) is 111 Å². The smallest absolute Gasteiger partial charge is 0.0974 e. The van der Waals surface area contributed by atoms with Crippen LogP contribution >= 0.6 is 7.92 Å². The van der Waals surface area contributed by atoms with Crippen molar-refractivity contribution in [3.8, 4) is 11.3 Å². The maximum absolute atomic E-state index is 4.93. The molecule has 0 spiro atoms. The fraction of sp³-hybridized carbons (Fsp3) is 0.212. The highest BCUT2D eigenvalue weighted by molar-refractivity contribution is 7.80. The molecule has 5 rings (SSSR count). The van der Waals surface area contributed by atoms with Crippen molar-refractivity contribution >= 4 is 34.6 Å². The first-order valence-electron chi connectivity index (χ1n) is 12.8. The van der Waals surface area contributed by atoms with Crippen LogP contribution in [0.2, 0.25) is 0 Å². The highest BCUT2D eigenvalue weighted by Gasteiger charge is 2.24. The summed E-state index contributed by atoms with van der Waals surface area (Å²) in [6, 6.07) is 35.1. The van der Waals surface area contributed by atoms with Gasteiger partial charge in [0.25, 0.3) is 0 Å². The minimum absolute atomic E-state index is 0.649. The molecule has 0 N–H and O–H groups in total. The minimum Gasteiger partial charge on any atom is -0.155 e. The number of rotatable bonds is 7. The van der Waals surface area contributed by atoms with Crippen molar-refractivity contribution in [2.75, 3.05) is 0 Å². The van der Waals surface area contributed by atoms with Gasteiger partial charge in [0.15, 0.2) is 0 Å². The number of benzene rings is 4. The molecular formula is C33H33N2P. The summed E-state index contributed by atoms with van der Waals surface area (Å²) >= 11 is 0. The normalized spacial score (nSPS) is 11.5. The lowest BCUT2D eigenvalue weighted by molar-refractivity contribution is 0.577. The van der Waals surface area contributed by atoms with Gasteiger partial charge in [-0.05, 0) is 78.3 Å². The molecule has 0 saturated heterocycles. The van der Waals surface area contributed by atoms with E-state index < -0.39 is 7.92 Å². The summed E-state index contributed by atoms with van der Waals surface area (Å²) in [4.78, 5) is 0. The van der Waals surface area contributed by atoms with Crippen LogP contribution in [0.5, 0.6) is 0 Å². The molecule has 5 aromatic rings. The van der Waals surface area contributed by atoms with Gasteiger partial charge in [0.05, 0.1) is 11.4 Å². The fourth-order valence-corrected chi connectivity index (χ4v) is 7.30. The van der Waals surface area contributed by atoms with Gasteiger partial charge in [0.1, 0.15) is 0 Å². The predicted molar refractivity (Wildman–Crippen MR) is 156 cm³/mol. The van der Waals surface area contributed by atoms with Crippen molar-refractivity contribution in [2.45, 2.75) is 40.5 Å². The average Bonchev–Trinajstić information content (AvgIpc) is 2.91. The summed E-state index contributed by atoms with van der Waals surface area (Å²) in [7, 11) is -0.776. The summed E-state index contributed by atoms with van der Waals surface area (Å²) in [5.41, 5.74) is 5.85. The highest BCUT2D eigenvalue weighted by atomic mass is 31.1. The summed E-state index contributed by atoms with van der Waals surface area (Å²) < 4.78 is 0. The van der Waals surface area contributed by atoms with Crippen LogP contribution in [0.3, 0.4) is 0 Å². The van der Waals surface area contributed by atoms with Gasteiger partial charge in [0, 0.05) is 5.56 Å². The third-order valence-electron chi connectivity index (χ3n) is 6.99. The molecule has 1 aromatic heterocycles. The molecule has 0 unspecified atom stereocenters. The zero-order valence-corrected chi connectivity index (χ0v) is 22.5. The number of nitrogens with zero attached hydrogens (tertiary/aromatic N) is 2. The number of aromatic nitrogens is 2. The third kappa shape index (κ3) is 4.84. The van der Waals surface area contributed by atoms with Crippen LogP contribution in [-0.4, -0.2) is 10.2 Å². The molecule has 3 heteroatoms. The molecule has 0 aliphatic heterocycles. The Morgan fingerprint density at radius 2 is 1.28 bits per heavy atom. The van der Waals surface area contributed by atoms with E-state index in [4.69, 9.17) is 10.2 Å². The average molecular weight is 489 g/mol. The van der Waals surface area contributed by atoms with Crippen molar-refractivity contribution in [3.05, 3.63) is 114 Å². The molecule has 36 heavy (non-hydrogen) atoms. The van der Waals surface area contributed by atoms with Crippen molar-refractivity contribution in [2.24, 2.45) is 5.92 Å². The van der Waals surface area contributed by atoms with E-state index in [1.165, 1.54) is 43.4 Å². The summed E-state index contributed by atoms with van der Waals surface area (Å²) in [6.45, 7) is 8.96. The minimum atomic E-state index is -0.776. The first-order valence-corrected chi connectivity index (χ1v) is 14.1. The largest absolute Gasteiger partial charge is 0.155 e. The highest BCUT2D eigenvalue weighted by Crippen LogP contribution is 2.40. The van der Waals surface area contributed by atoms with Crippen molar-refractivity contribution in [3.63, 3.8) is 0 Å². The Morgan fingerprint density at radius 3 is 1.92 bits per heavy atom. The lowest BCUT2D eigenvalue weighted by Gasteiger charge is -2.24. The number of hydrogen-bond acceptors (Lipinski definition) is 2. The van der Waals surface area contributed by atoms with Crippen molar-refractivity contribution < 1.29 is 0 Å². The molecular weight excluding hydrogens is 455 g/mol. The van der Waals surface area contributed by atoms with Gasteiger partial charge < -0.3 is 0 Å². The molecule has 180 valence electrons. The molecule has 0 fully saturated rings. The van der Waals surface area contributed by atoms with Gasteiger partial charge in [-0.25, -0.2) is 0 Å². The lowest BCUT2D eigenvalue weighted by atomic mass is 9.95. The molecule has 0 amide bonds. The molecule has 2 nitrogen and oxygen atoms in total. The predicted octanol–water partition coefficient (Wildman–Crippen LogP) is 7.26. The molecule has 0 aliphatic rings. The van der Waals surface area contributed by atoms with E-state index in [1.54, 1.807) is 0 Å². The molecule has 4 aromatic carbocycles. The summed E-state index contributed by atoms with van der Waals surface area (Å²) in [5, 5.41) is 16.2. The topological polar surface area (TPSA) is 25.8 Å². The van der Waals surface area contributed by atoms with E-state index in [1.807, 2.05) is 0 Å². The standard InChI is InChI=1S/C33H33N2P/c1-23(2)19-21-30-24(3)25(4)33(35-34-30)32-29-18-12-11-13-26(29)20-22-31(32)36(27-14-7-5-8-15-27)28-16-9-6-10-17-28/h5-18,20,22-23H,19,21H2,1-4H3. The maximum atomic E-state index is 4.93. The maximum Gasteiger partial charge on any atom is 0.0974 e. The van der Waals surface area contributed by atoms with Gasteiger partial charge in [-0.3, -0.25) is 0 Å². The van der Waals surface area contributed by atoms with Crippen LogP contribution < -0.4 is 15.9 Å². The van der Waals surface area contributed by atoms with Crippen LogP contribution in [-0.2, 0) is 6.42 Å². The Bertz CT molecular complexity index is 1440. The molecule has 0 saturated carbocycles. The Kier molecular flexibility index (Phi) is 7.25. The molecule has 0 bridgehead atoms.